The van der Waals surface area contributed by atoms with Gasteiger partial charge in [-0.05, 0) is 66.6 Å². The molecule has 0 unspecified atom stereocenters. The van der Waals surface area contributed by atoms with Crippen molar-refractivity contribution in [2.45, 2.75) is 6.92 Å². The lowest BCUT2D eigenvalue weighted by molar-refractivity contribution is 0.0980. The highest BCUT2D eigenvalue weighted by Gasteiger charge is 2.19. The van der Waals surface area contributed by atoms with Crippen LogP contribution in [0.3, 0.4) is 0 Å². The first-order chi connectivity index (χ1) is 15.6. The highest BCUT2D eigenvalue weighted by Crippen LogP contribution is 2.31. The molecule has 2 amide bonds. The van der Waals surface area contributed by atoms with Crippen LogP contribution in [0.25, 0.3) is 22.1 Å². The van der Waals surface area contributed by atoms with Gasteiger partial charge in [-0.15, -0.1) is 0 Å². The van der Waals surface area contributed by atoms with Gasteiger partial charge in [-0.1, -0.05) is 18.2 Å². The average Bonchev–Trinajstić information content (AvgIpc) is 3.09. The van der Waals surface area contributed by atoms with Gasteiger partial charge in [0.05, 0.1) is 11.8 Å². The number of fused-ring (bicyclic) bond motifs is 1. The van der Waals surface area contributed by atoms with E-state index in [-0.39, 0.29) is 5.56 Å². The summed E-state index contributed by atoms with van der Waals surface area (Å²) in [4.78, 5) is 25.2. The van der Waals surface area contributed by atoms with Gasteiger partial charge in [0.15, 0.2) is 0 Å². The molecular formula is C24H19FN2O5S. The quantitative estimate of drug-likeness (QED) is 0.451. The van der Waals surface area contributed by atoms with Gasteiger partial charge in [-0.25, -0.2) is 17.5 Å². The third kappa shape index (κ3) is 4.93. The van der Waals surface area contributed by atoms with Crippen LogP contribution in [-0.4, -0.2) is 26.5 Å². The zero-order valence-corrected chi connectivity index (χ0v) is 18.5. The first-order valence-corrected chi connectivity index (χ1v) is 11.7. The van der Waals surface area contributed by atoms with E-state index in [4.69, 9.17) is 4.42 Å². The molecule has 0 radical (unpaired) electrons. The molecule has 4 rings (SSSR count). The van der Waals surface area contributed by atoms with E-state index >= 15 is 0 Å². The number of anilines is 1. The fourth-order valence-electron chi connectivity index (χ4n) is 3.48. The Bertz CT molecular complexity index is 1490. The molecule has 7 nitrogen and oxygen atoms in total. The van der Waals surface area contributed by atoms with E-state index in [2.05, 4.69) is 5.32 Å². The Hall–Kier alpha value is -3.98. The standard InChI is InChI=1S/C24H19FN2O5S/c1-14-22(24(29)26-19-9-7-18(25)8-10-19)20-13-16(6-11-21(20)32-14)15-4-3-5-17(12-15)23(28)27-33(2,30)31/h3-13H,1-2H3,(H,26,29)(H,27,28). The lowest BCUT2D eigenvalue weighted by Gasteiger charge is -2.07. The van der Waals surface area contributed by atoms with Gasteiger partial charge in [0, 0.05) is 16.6 Å². The highest BCUT2D eigenvalue weighted by atomic mass is 32.2. The summed E-state index contributed by atoms with van der Waals surface area (Å²) in [6, 6.07) is 17.2. The molecule has 0 aliphatic rings. The highest BCUT2D eigenvalue weighted by molar-refractivity contribution is 7.89. The van der Waals surface area contributed by atoms with Crippen LogP contribution in [0.4, 0.5) is 10.1 Å². The molecule has 168 valence electrons. The Morgan fingerprint density at radius 1 is 0.909 bits per heavy atom. The van der Waals surface area contributed by atoms with Crippen molar-refractivity contribution in [1.82, 2.24) is 4.72 Å². The van der Waals surface area contributed by atoms with Crippen LogP contribution in [0.2, 0.25) is 0 Å². The number of hydrogen-bond acceptors (Lipinski definition) is 5. The Balaban J connectivity index is 1.70. The molecule has 0 saturated carbocycles. The minimum Gasteiger partial charge on any atom is -0.461 e. The molecule has 2 N–H and O–H groups in total. The van der Waals surface area contributed by atoms with Crippen LogP contribution in [-0.2, 0) is 10.0 Å². The van der Waals surface area contributed by atoms with Gasteiger partial charge in [0.1, 0.15) is 17.2 Å². The number of benzene rings is 3. The molecule has 0 aliphatic carbocycles. The summed E-state index contributed by atoms with van der Waals surface area (Å²) in [7, 11) is -3.70. The Morgan fingerprint density at radius 2 is 1.61 bits per heavy atom. The second kappa shape index (κ2) is 8.51. The average molecular weight is 466 g/mol. The first-order valence-electron chi connectivity index (χ1n) is 9.83. The summed E-state index contributed by atoms with van der Waals surface area (Å²) in [6.07, 6.45) is 0.905. The predicted molar refractivity (Wildman–Crippen MR) is 123 cm³/mol. The number of rotatable bonds is 5. The first kappa shape index (κ1) is 22.2. The van der Waals surface area contributed by atoms with Gasteiger partial charge < -0.3 is 9.73 Å². The van der Waals surface area contributed by atoms with E-state index in [9.17, 15) is 22.4 Å². The monoisotopic (exact) mass is 466 g/mol. The van der Waals surface area contributed by atoms with Crippen LogP contribution in [0.5, 0.6) is 0 Å². The van der Waals surface area contributed by atoms with Crippen molar-refractivity contribution >= 4 is 38.5 Å². The van der Waals surface area contributed by atoms with E-state index in [1.807, 2.05) is 4.72 Å². The molecule has 1 heterocycles. The lowest BCUT2D eigenvalue weighted by Crippen LogP contribution is -2.29. The smallest absolute Gasteiger partial charge is 0.264 e. The van der Waals surface area contributed by atoms with Gasteiger partial charge in [0.2, 0.25) is 10.0 Å². The summed E-state index contributed by atoms with van der Waals surface area (Å²) in [6.45, 7) is 1.68. The molecule has 0 bridgehead atoms. The van der Waals surface area contributed by atoms with Crippen molar-refractivity contribution in [3.63, 3.8) is 0 Å². The maximum Gasteiger partial charge on any atom is 0.264 e. The van der Waals surface area contributed by atoms with Crippen LogP contribution in [0.1, 0.15) is 26.5 Å². The van der Waals surface area contributed by atoms with Crippen LogP contribution >= 0.6 is 0 Å². The maximum atomic E-state index is 13.2. The van der Waals surface area contributed by atoms with Crippen LogP contribution in [0, 0.1) is 12.7 Å². The van der Waals surface area contributed by atoms with E-state index in [1.54, 1.807) is 43.3 Å². The summed E-state index contributed by atoms with van der Waals surface area (Å²) >= 11 is 0. The number of hydrogen-bond donors (Lipinski definition) is 2. The summed E-state index contributed by atoms with van der Waals surface area (Å²) in [5, 5.41) is 3.30. The molecule has 0 atom stereocenters. The second-order valence-corrected chi connectivity index (χ2v) is 9.24. The van der Waals surface area contributed by atoms with E-state index < -0.39 is 27.7 Å². The normalized spacial score (nSPS) is 11.4. The number of nitrogens with one attached hydrogen (secondary N) is 2. The van der Waals surface area contributed by atoms with Crippen molar-refractivity contribution in [3.05, 3.63) is 89.4 Å². The van der Waals surface area contributed by atoms with Crippen LogP contribution in [0.15, 0.2) is 71.1 Å². The van der Waals surface area contributed by atoms with Crippen molar-refractivity contribution in [3.8, 4) is 11.1 Å². The zero-order valence-electron chi connectivity index (χ0n) is 17.7. The molecule has 1 aromatic heterocycles. The van der Waals surface area contributed by atoms with E-state index in [1.165, 1.54) is 30.3 Å². The Labute approximate surface area is 189 Å². The fourth-order valence-corrected chi connectivity index (χ4v) is 3.93. The molecule has 0 aliphatic heterocycles. The number of carbonyl (C=O) groups is 2. The molecule has 9 heteroatoms. The zero-order chi connectivity index (χ0) is 23.8. The third-order valence-electron chi connectivity index (χ3n) is 4.93. The minimum atomic E-state index is -3.70. The van der Waals surface area contributed by atoms with Crippen molar-refractivity contribution < 1.29 is 26.8 Å². The van der Waals surface area contributed by atoms with Crippen molar-refractivity contribution in [2.75, 3.05) is 11.6 Å². The number of halogens is 1. The summed E-state index contributed by atoms with van der Waals surface area (Å²) in [5.41, 5.74) is 2.81. The van der Waals surface area contributed by atoms with Gasteiger partial charge >= 0.3 is 0 Å². The molecule has 0 spiro atoms. The number of sulfonamides is 1. The molecule has 0 fully saturated rings. The van der Waals surface area contributed by atoms with Crippen molar-refractivity contribution in [1.29, 1.82) is 0 Å². The number of amides is 2. The molecule has 3 aromatic carbocycles. The minimum absolute atomic E-state index is 0.177. The topological polar surface area (TPSA) is 105 Å². The van der Waals surface area contributed by atoms with E-state index in [0.717, 1.165) is 6.26 Å². The molecular weight excluding hydrogens is 447 g/mol. The molecule has 33 heavy (non-hydrogen) atoms. The SMILES string of the molecule is Cc1oc2ccc(-c3cccc(C(=O)NS(C)(=O)=O)c3)cc2c1C(=O)Nc1ccc(F)cc1. The molecule has 4 aromatic rings. The Morgan fingerprint density at radius 3 is 2.30 bits per heavy atom. The summed E-state index contributed by atoms with van der Waals surface area (Å²) in [5.74, 6) is -1.13. The fraction of sp³-hybridized carbons (Fsp3) is 0.0833. The Kier molecular flexibility index (Phi) is 5.73. The second-order valence-electron chi connectivity index (χ2n) is 7.49. The number of carbonyl (C=O) groups excluding carboxylic acids is 2. The largest absolute Gasteiger partial charge is 0.461 e. The van der Waals surface area contributed by atoms with Gasteiger partial charge in [-0.2, -0.15) is 0 Å². The van der Waals surface area contributed by atoms with Crippen LogP contribution < -0.4 is 10.0 Å². The van der Waals surface area contributed by atoms with Gasteiger partial charge in [-0.3, -0.25) is 9.59 Å². The predicted octanol–water partition coefficient (Wildman–Crippen LogP) is 4.49. The third-order valence-corrected chi connectivity index (χ3v) is 5.49. The van der Waals surface area contributed by atoms with E-state index in [0.29, 0.717) is 39.1 Å². The lowest BCUT2D eigenvalue weighted by atomic mass is 10.00. The maximum absolute atomic E-state index is 13.2. The molecule has 0 saturated heterocycles. The summed E-state index contributed by atoms with van der Waals surface area (Å²) < 4.78 is 43.6. The number of aryl methyl sites for hydroxylation is 1. The van der Waals surface area contributed by atoms with Gasteiger partial charge in [0.25, 0.3) is 11.8 Å². The van der Waals surface area contributed by atoms with Crippen molar-refractivity contribution in [2.24, 2.45) is 0 Å². The number of furan rings is 1.